The van der Waals surface area contributed by atoms with E-state index in [9.17, 15) is 22.4 Å². The van der Waals surface area contributed by atoms with E-state index >= 15 is 0 Å². The summed E-state index contributed by atoms with van der Waals surface area (Å²) in [6.07, 6.45) is -4.58. The first-order valence-electron chi connectivity index (χ1n) is 8.26. The molecule has 1 aliphatic heterocycles. The van der Waals surface area contributed by atoms with Crippen molar-refractivity contribution in [1.82, 2.24) is 10.2 Å². The number of benzene rings is 2. The molecule has 0 saturated carbocycles. The largest absolute Gasteiger partial charge is 0.416 e. The van der Waals surface area contributed by atoms with Gasteiger partial charge in [0.2, 0.25) is 5.91 Å². The number of piperazine rings is 1. The van der Waals surface area contributed by atoms with Crippen LogP contribution in [-0.2, 0) is 17.4 Å². The minimum Gasteiger partial charge on any atom is -0.333 e. The molecule has 0 spiro atoms. The molecule has 1 aliphatic rings. The van der Waals surface area contributed by atoms with Crippen molar-refractivity contribution in [2.24, 2.45) is 0 Å². The molecule has 8 heteroatoms. The Morgan fingerprint density at radius 3 is 2.59 bits per heavy atom. The number of alkyl halides is 3. The molecule has 2 aromatic rings. The van der Waals surface area contributed by atoms with Gasteiger partial charge in [-0.1, -0.05) is 30.3 Å². The number of hydrogen-bond acceptors (Lipinski definition) is 2. The first kappa shape index (κ1) is 21.2. The molecular weight excluding hydrogens is 384 g/mol. The summed E-state index contributed by atoms with van der Waals surface area (Å²) in [5, 5.41) is 3.17. The van der Waals surface area contributed by atoms with E-state index in [1.165, 1.54) is 24.3 Å². The maximum atomic E-state index is 13.5. The number of halogens is 5. The van der Waals surface area contributed by atoms with Crippen LogP contribution in [0.5, 0.6) is 0 Å². The van der Waals surface area contributed by atoms with Crippen molar-refractivity contribution in [3.63, 3.8) is 0 Å². The molecule has 27 heavy (non-hydrogen) atoms. The van der Waals surface area contributed by atoms with Crippen LogP contribution in [0, 0.1) is 5.82 Å². The molecule has 0 aromatic heterocycles. The van der Waals surface area contributed by atoms with Crippen molar-refractivity contribution < 1.29 is 22.4 Å². The fourth-order valence-electron chi connectivity index (χ4n) is 3.15. The third-order valence-corrected chi connectivity index (χ3v) is 4.41. The van der Waals surface area contributed by atoms with Crippen LogP contribution in [0.25, 0.3) is 0 Å². The molecule has 1 N–H and O–H groups in total. The van der Waals surface area contributed by atoms with Crippen molar-refractivity contribution in [3.8, 4) is 0 Å². The van der Waals surface area contributed by atoms with E-state index in [0.717, 1.165) is 12.1 Å². The number of carbonyl (C=O) groups is 1. The molecule has 3 rings (SSSR count). The van der Waals surface area contributed by atoms with E-state index < -0.39 is 17.6 Å². The smallest absolute Gasteiger partial charge is 0.333 e. The van der Waals surface area contributed by atoms with Crippen molar-refractivity contribution >= 4 is 18.3 Å². The van der Waals surface area contributed by atoms with E-state index in [2.05, 4.69) is 5.32 Å². The van der Waals surface area contributed by atoms with Crippen molar-refractivity contribution in [1.29, 1.82) is 0 Å². The van der Waals surface area contributed by atoms with Crippen LogP contribution in [0.3, 0.4) is 0 Å². The molecule has 1 saturated heterocycles. The monoisotopic (exact) mass is 402 g/mol. The molecule has 3 nitrogen and oxygen atoms in total. The van der Waals surface area contributed by atoms with Crippen LogP contribution in [0.2, 0.25) is 0 Å². The predicted molar refractivity (Wildman–Crippen MR) is 96.1 cm³/mol. The Hall–Kier alpha value is -2.12. The highest BCUT2D eigenvalue weighted by molar-refractivity contribution is 5.85. The Morgan fingerprint density at radius 2 is 1.89 bits per heavy atom. The quantitative estimate of drug-likeness (QED) is 0.788. The SMILES string of the molecule is Cl.O=C(Cc1cccc(C(F)(F)F)c1)N1CCNCC1c1cccc(F)c1. The van der Waals surface area contributed by atoms with Gasteiger partial charge in [0.05, 0.1) is 18.0 Å². The van der Waals surface area contributed by atoms with Gasteiger partial charge < -0.3 is 10.2 Å². The van der Waals surface area contributed by atoms with Crippen LogP contribution < -0.4 is 5.32 Å². The number of amides is 1. The predicted octanol–water partition coefficient (Wildman–Crippen LogP) is 3.98. The van der Waals surface area contributed by atoms with Crippen LogP contribution in [0.15, 0.2) is 48.5 Å². The van der Waals surface area contributed by atoms with Gasteiger partial charge in [-0.2, -0.15) is 13.2 Å². The lowest BCUT2D eigenvalue weighted by Gasteiger charge is -2.36. The summed E-state index contributed by atoms with van der Waals surface area (Å²) in [5.74, 6) is -0.668. The van der Waals surface area contributed by atoms with Crippen LogP contribution >= 0.6 is 12.4 Å². The molecule has 0 radical (unpaired) electrons. The highest BCUT2D eigenvalue weighted by Gasteiger charge is 2.31. The zero-order valence-corrected chi connectivity index (χ0v) is 15.1. The summed E-state index contributed by atoms with van der Waals surface area (Å²) in [6.45, 7) is 1.47. The average Bonchev–Trinajstić information content (AvgIpc) is 2.61. The first-order valence-corrected chi connectivity index (χ1v) is 8.26. The zero-order chi connectivity index (χ0) is 18.7. The maximum absolute atomic E-state index is 13.5. The van der Waals surface area contributed by atoms with E-state index in [-0.39, 0.29) is 30.8 Å². The summed E-state index contributed by atoms with van der Waals surface area (Å²) in [6, 6.07) is 10.5. The third-order valence-electron chi connectivity index (χ3n) is 4.41. The number of hydrogen-bond donors (Lipinski definition) is 1. The van der Waals surface area contributed by atoms with Gasteiger partial charge in [-0.05, 0) is 29.3 Å². The molecule has 1 unspecified atom stereocenters. The molecule has 1 fully saturated rings. The first-order chi connectivity index (χ1) is 12.3. The number of rotatable bonds is 3. The van der Waals surface area contributed by atoms with E-state index in [0.29, 0.717) is 30.8 Å². The van der Waals surface area contributed by atoms with Crippen molar-refractivity contribution in [3.05, 3.63) is 71.0 Å². The van der Waals surface area contributed by atoms with Crippen LogP contribution in [0.4, 0.5) is 17.6 Å². The fourth-order valence-corrected chi connectivity index (χ4v) is 3.15. The van der Waals surface area contributed by atoms with Gasteiger partial charge in [0.25, 0.3) is 0 Å². The second-order valence-electron chi connectivity index (χ2n) is 6.24. The van der Waals surface area contributed by atoms with E-state index in [4.69, 9.17) is 0 Å². The highest BCUT2D eigenvalue weighted by atomic mass is 35.5. The molecule has 2 aromatic carbocycles. The van der Waals surface area contributed by atoms with Crippen molar-refractivity contribution in [2.45, 2.75) is 18.6 Å². The second kappa shape index (κ2) is 8.71. The van der Waals surface area contributed by atoms with Gasteiger partial charge in [-0.3, -0.25) is 4.79 Å². The van der Waals surface area contributed by atoms with E-state index in [1.807, 2.05) is 0 Å². The van der Waals surface area contributed by atoms with Gasteiger partial charge in [-0.15, -0.1) is 12.4 Å². The summed E-state index contributed by atoms with van der Waals surface area (Å²) in [4.78, 5) is 14.3. The average molecular weight is 403 g/mol. The Morgan fingerprint density at radius 1 is 1.15 bits per heavy atom. The minimum atomic E-state index is -4.45. The summed E-state index contributed by atoms with van der Waals surface area (Å²) < 4.78 is 52.0. The molecule has 1 amide bonds. The number of carbonyl (C=O) groups excluding carboxylic acids is 1. The zero-order valence-electron chi connectivity index (χ0n) is 14.3. The van der Waals surface area contributed by atoms with Gasteiger partial charge in [0.15, 0.2) is 0 Å². The summed E-state index contributed by atoms with van der Waals surface area (Å²) in [7, 11) is 0. The maximum Gasteiger partial charge on any atom is 0.416 e. The summed E-state index contributed by atoms with van der Waals surface area (Å²) in [5.41, 5.74) is 0.195. The van der Waals surface area contributed by atoms with Crippen LogP contribution in [-0.4, -0.2) is 30.4 Å². The highest BCUT2D eigenvalue weighted by Crippen LogP contribution is 2.30. The van der Waals surface area contributed by atoms with Gasteiger partial charge in [-0.25, -0.2) is 4.39 Å². The lowest BCUT2D eigenvalue weighted by molar-refractivity contribution is -0.138. The third kappa shape index (κ3) is 5.20. The Kier molecular flexibility index (Phi) is 6.84. The van der Waals surface area contributed by atoms with Gasteiger partial charge in [0.1, 0.15) is 5.82 Å². The normalized spacial score (nSPS) is 17.3. The fraction of sp³-hybridized carbons (Fsp3) is 0.316. The molecule has 1 heterocycles. The van der Waals surface area contributed by atoms with Crippen LogP contribution in [0.1, 0.15) is 22.7 Å². The standard InChI is InChI=1S/C19H18F4N2O.ClH/c20-16-6-2-4-14(11-16)17-12-24-7-8-25(17)18(26)10-13-3-1-5-15(9-13)19(21,22)23;/h1-6,9,11,17,24H,7-8,10,12H2;1H. The molecule has 1 atom stereocenters. The molecular formula is C19H19ClF4N2O. The second-order valence-corrected chi connectivity index (χ2v) is 6.24. The number of nitrogens with zero attached hydrogens (tertiary/aromatic N) is 1. The lowest BCUT2D eigenvalue weighted by atomic mass is 10.0. The van der Waals surface area contributed by atoms with Gasteiger partial charge >= 0.3 is 6.18 Å². The Bertz CT molecular complexity index is 797. The summed E-state index contributed by atoms with van der Waals surface area (Å²) >= 11 is 0. The molecule has 0 bridgehead atoms. The Balaban J connectivity index is 0.00000261. The molecule has 146 valence electrons. The Labute approximate surface area is 160 Å². The van der Waals surface area contributed by atoms with Crippen molar-refractivity contribution in [2.75, 3.05) is 19.6 Å². The topological polar surface area (TPSA) is 32.3 Å². The number of nitrogens with one attached hydrogen (secondary N) is 1. The lowest BCUT2D eigenvalue weighted by Crippen LogP contribution is -2.49. The van der Waals surface area contributed by atoms with Gasteiger partial charge in [0, 0.05) is 19.6 Å². The van der Waals surface area contributed by atoms with E-state index in [1.54, 1.807) is 17.0 Å². The molecule has 0 aliphatic carbocycles. The minimum absolute atomic E-state index is 0.